The quantitative estimate of drug-likeness (QED) is 0.416. The first kappa shape index (κ1) is 21.8. The van der Waals surface area contributed by atoms with Crippen LogP contribution < -0.4 is 5.32 Å². The molecule has 0 heterocycles. The molecule has 0 aliphatic rings. The van der Waals surface area contributed by atoms with E-state index in [0.29, 0.717) is 5.75 Å². The van der Waals surface area contributed by atoms with E-state index in [0.717, 1.165) is 5.56 Å². The van der Waals surface area contributed by atoms with Crippen molar-refractivity contribution in [3.05, 3.63) is 39.9 Å². The molecule has 0 fully saturated rings. The number of ether oxygens (including phenoxy) is 2. The van der Waals surface area contributed by atoms with Gasteiger partial charge < -0.3 is 14.8 Å². The third-order valence-corrected chi connectivity index (χ3v) is 4.07. The van der Waals surface area contributed by atoms with Crippen molar-refractivity contribution in [3.63, 3.8) is 0 Å². The predicted octanol–water partition coefficient (Wildman–Crippen LogP) is 3.28. The van der Waals surface area contributed by atoms with Crippen molar-refractivity contribution >= 4 is 29.5 Å². The van der Waals surface area contributed by atoms with Crippen LogP contribution in [0, 0.1) is 10.1 Å². The van der Waals surface area contributed by atoms with Crippen LogP contribution in [0.25, 0.3) is 0 Å². The predicted molar refractivity (Wildman–Crippen MR) is 99.0 cm³/mol. The second-order valence-electron chi connectivity index (χ2n) is 6.39. The van der Waals surface area contributed by atoms with E-state index in [4.69, 9.17) is 9.47 Å². The van der Waals surface area contributed by atoms with E-state index in [-0.39, 0.29) is 18.0 Å². The molecule has 9 heteroatoms. The maximum absolute atomic E-state index is 12.0. The second kappa shape index (κ2) is 10.0. The van der Waals surface area contributed by atoms with E-state index in [2.05, 4.69) is 5.32 Å². The van der Waals surface area contributed by atoms with E-state index >= 15 is 0 Å². The summed E-state index contributed by atoms with van der Waals surface area (Å²) in [4.78, 5) is 34.1. The molecule has 0 radical (unpaired) electrons. The number of alkyl carbamates (subject to hydrolysis) is 1. The number of carbonyl (C=O) groups excluding carboxylic acids is 2. The first-order valence-corrected chi connectivity index (χ1v) is 9.25. The third kappa shape index (κ3) is 8.19. The number of carbonyl (C=O) groups is 2. The number of nitrogens with zero attached hydrogens (tertiary/aromatic N) is 1. The first-order chi connectivity index (χ1) is 12.1. The number of nitrogens with one attached hydrogen (secondary N) is 1. The lowest BCUT2D eigenvalue weighted by atomic mass is 10.2. The number of amides is 1. The van der Waals surface area contributed by atoms with Gasteiger partial charge in [0.1, 0.15) is 11.6 Å². The molecule has 26 heavy (non-hydrogen) atoms. The van der Waals surface area contributed by atoms with E-state index in [1.807, 2.05) is 0 Å². The molecule has 0 aromatic heterocycles. The summed E-state index contributed by atoms with van der Waals surface area (Å²) in [6.07, 6.45) is -0.688. The molecule has 1 atom stereocenters. The fourth-order valence-corrected chi connectivity index (χ4v) is 2.87. The highest BCUT2D eigenvalue weighted by Crippen LogP contribution is 2.18. The van der Waals surface area contributed by atoms with E-state index < -0.39 is 28.6 Å². The summed E-state index contributed by atoms with van der Waals surface area (Å²) in [5, 5.41) is 13.2. The van der Waals surface area contributed by atoms with Gasteiger partial charge in [-0.25, -0.2) is 9.59 Å². The van der Waals surface area contributed by atoms with Gasteiger partial charge in [-0.3, -0.25) is 10.1 Å². The molecule has 1 aromatic carbocycles. The van der Waals surface area contributed by atoms with Gasteiger partial charge in [0.25, 0.3) is 5.69 Å². The number of nitro groups is 1. The van der Waals surface area contributed by atoms with Crippen LogP contribution in [0.1, 0.15) is 33.3 Å². The van der Waals surface area contributed by atoms with Crippen molar-refractivity contribution in [2.45, 2.75) is 45.1 Å². The summed E-state index contributed by atoms with van der Waals surface area (Å²) in [6.45, 7) is 7.09. The molecule has 1 amide bonds. The maximum atomic E-state index is 12.0. The summed E-state index contributed by atoms with van der Waals surface area (Å²) in [7, 11) is 0. The topological polar surface area (TPSA) is 108 Å². The molecule has 0 bridgehead atoms. The van der Waals surface area contributed by atoms with Crippen molar-refractivity contribution in [2.24, 2.45) is 0 Å². The van der Waals surface area contributed by atoms with Gasteiger partial charge in [-0.15, -0.1) is 0 Å². The van der Waals surface area contributed by atoms with Crippen molar-refractivity contribution < 1.29 is 24.0 Å². The highest BCUT2D eigenvalue weighted by Gasteiger charge is 2.25. The van der Waals surface area contributed by atoms with Crippen LogP contribution in [0.2, 0.25) is 0 Å². The average Bonchev–Trinajstić information content (AvgIpc) is 2.52. The van der Waals surface area contributed by atoms with Crippen molar-refractivity contribution in [1.82, 2.24) is 5.32 Å². The van der Waals surface area contributed by atoms with Gasteiger partial charge in [0.05, 0.1) is 11.5 Å². The maximum Gasteiger partial charge on any atom is 0.408 e. The molecule has 0 spiro atoms. The summed E-state index contributed by atoms with van der Waals surface area (Å²) >= 11 is 1.40. The number of hydrogen-bond donors (Lipinski definition) is 1. The second-order valence-corrected chi connectivity index (χ2v) is 7.42. The van der Waals surface area contributed by atoms with Gasteiger partial charge in [-0.2, -0.15) is 11.8 Å². The lowest BCUT2D eigenvalue weighted by molar-refractivity contribution is -0.384. The van der Waals surface area contributed by atoms with Gasteiger partial charge in [0, 0.05) is 23.6 Å². The summed E-state index contributed by atoms with van der Waals surface area (Å²) in [6, 6.07) is 5.33. The zero-order chi connectivity index (χ0) is 19.7. The molecule has 1 unspecified atom stereocenters. The molecule has 1 aromatic rings. The number of benzene rings is 1. The number of hydrogen-bond acceptors (Lipinski definition) is 7. The highest BCUT2D eigenvalue weighted by atomic mass is 32.2. The van der Waals surface area contributed by atoms with Gasteiger partial charge in [0.2, 0.25) is 0 Å². The van der Waals surface area contributed by atoms with E-state index in [1.165, 1.54) is 23.9 Å². The van der Waals surface area contributed by atoms with E-state index in [1.54, 1.807) is 39.8 Å². The fourth-order valence-electron chi connectivity index (χ4n) is 1.87. The molecule has 0 aliphatic heterocycles. The number of non-ortho nitro benzene ring substituents is 1. The van der Waals surface area contributed by atoms with E-state index in [9.17, 15) is 19.7 Å². The lowest BCUT2D eigenvalue weighted by Crippen LogP contribution is -2.45. The molecular weight excluding hydrogens is 360 g/mol. The van der Waals surface area contributed by atoms with Gasteiger partial charge in [-0.05, 0) is 33.3 Å². The Kier molecular flexibility index (Phi) is 8.37. The van der Waals surface area contributed by atoms with Crippen molar-refractivity contribution in [1.29, 1.82) is 0 Å². The average molecular weight is 384 g/mol. The molecule has 0 saturated carbocycles. The Balaban J connectivity index is 2.61. The molecule has 0 saturated heterocycles. The van der Waals surface area contributed by atoms with Gasteiger partial charge >= 0.3 is 12.1 Å². The zero-order valence-corrected chi connectivity index (χ0v) is 16.1. The van der Waals surface area contributed by atoms with Crippen LogP contribution in [-0.2, 0) is 20.0 Å². The third-order valence-electron chi connectivity index (χ3n) is 2.96. The Morgan fingerprint density at radius 1 is 1.27 bits per heavy atom. The molecule has 0 aliphatic carbocycles. The zero-order valence-electron chi connectivity index (χ0n) is 15.3. The van der Waals surface area contributed by atoms with Crippen LogP contribution in [0.3, 0.4) is 0 Å². The van der Waals surface area contributed by atoms with Gasteiger partial charge in [0.15, 0.2) is 0 Å². The SMILES string of the molecule is CCOC(=O)C(CSCc1ccc([N+](=O)[O-])cc1)NC(=O)OC(C)(C)C. The highest BCUT2D eigenvalue weighted by molar-refractivity contribution is 7.98. The standard InChI is InChI=1S/C17H24N2O6S/c1-5-24-15(20)14(18-16(21)25-17(2,3)4)11-26-10-12-6-8-13(9-7-12)19(22)23/h6-9,14H,5,10-11H2,1-4H3,(H,18,21). The smallest absolute Gasteiger partial charge is 0.408 e. The Morgan fingerprint density at radius 2 is 1.88 bits per heavy atom. The minimum absolute atomic E-state index is 0.0229. The number of nitro benzene ring substituents is 1. The largest absolute Gasteiger partial charge is 0.464 e. The van der Waals surface area contributed by atoms with Crippen LogP contribution in [0.4, 0.5) is 10.5 Å². The summed E-state index contributed by atoms with van der Waals surface area (Å²) < 4.78 is 10.1. The van der Waals surface area contributed by atoms with Crippen LogP contribution in [0.15, 0.2) is 24.3 Å². The summed E-state index contributed by atoms with van der Waals surface area (Å²) in [5.41, 5.74) is 0.227. The molecular formula is C17H24N2O6S. The van der Waals surface area contributed by atoms with Crippen molar-refractivity contribution in [2.75, 3.05) is 12.4 Å². The minimum atomic E-state index is -0.840. The summed E-state index contributed by atoms with van der Waals surface area (Å²) in [5.74, 6) is 0.286. The molecule has 1 rings (SSSR count). The minimum Gasteiger partial charge on any atom is -0.464 e. The van der Waals surface area contributed by atoms with Crippen LogP contribution in [-0.4, -0.2) is 41.0 Å². The fraction of sp³-hybridized carbons (Fsp3) is 0.529. The van der Waals surface area contributed by atoms with Gasteiger partial charge in [-0.1, -0.05) is 12.1 Å². The number of rotatable bonds is 8. The monoisotopic (exact) mass is 384 g/mol. The van der Waals surface area contributed by atoms with Crippen molar-refractivity contribution in [3.8, 4) is 0 Å². The Hall–Kier alpha value is -2.29. The normalized spacial score (nSPS) is 12.2. The lowest BCUT2D eigenvalue weighted by Gasteiger charge is -2.22. The Morgan fingerprint density at radius 3 is 2.38 bits per heavy atom. The molecule has 1 N–H and O–H groups in total. The Bertz CT molecular complexity index is 627. The number of thioether (sulfide) groups is 1. The number of esters is 1. The van der Waals surface area contributed by atoms with Crippen LogP contribution in [0.5, 0.6) is 0 Å². The van der Waals surface area contributed by atoms with Crippen LogP contribution >= 0.6 is 11.8 Å². The Labute approximate surface area is 156 Å². The first-order valence-electron chi connectivity index (χ1n) is 8.09. The molecule has 8 nitrogen and oxygen atoms in total. The molecule has 144 valence electrons.